The fourth-order valence-electron chi connectivity index (χ4n) is 2.29. The van der Waals surface area contributed by atoms with Crippen LogP contribution in [0.15, 0.2) is 18.5 Å². The summed E-state index contributed by atoms with van der Waals surface area (Å²) in [6, 6.07) is 1.35. The summed E-state index contributed by atoms with van der Waals surface area (Å²) in [7, 11) is 0. The number of anilines is 1. The molecule has 1 aliphatic heterocycles. The van der Waals surface area contributed by atoms with Crippen LogP contribution in [0.25, 0.3) is 0 Å². The van der Waals surface area contributed by atoms with Crippen molar-refractivity contribution in [2.75, 3.05) is 18.1 Å². The lowest BCUT2D eigenvalue weighted by Crippen LogP contribution is -2.48. The Balaban J connectivity index is 2.04. The summed E-state index contributed by atoms with van der Waals surface area (Å²) in [5.74, 6) is 0.544. The highest BCUT2D eigenvalue weighted by molar-refractivity contribution is 5.85. The maximum Gasteiger partial charge on any atom is 0.243 e. The van der Waals surface area contributed by atoms with E-state index in [0.717, 1.165) is 25.8 Å². The number of aliphatic hydroxyl groups excluding tert-OH is 1. The van der Waals surface area contributed by atoms with Crippen LogP contribution in [0, 0.1) is 0 Å². The van der Waals surface area contributed by atoms with Crippen molar-refractivity contribution in [2.24, 2.45) is 0 Å². The van der Waals surface area contributed by atoms with Gasteiger partial charge in [0.15, 0.2) is 0 Å². The average Bonchev–Trinajstić information content (AvgIpc) is 2.95. The number of hydrogen-bond acceptors (Lipinski definition) is 5. The molecular formula is C13H20N4O2. The highest BCUT2D eigenvalue weighted by Crippen LogP contribution is 2.22. The molecule has 1 saturated heterocycles. The summed E-state index contributed by atoms with van der Waals surface area (Å²) < 4.78 is 0. The van der Waals surface area contributed by atoms with Crippen LogP contribution in [0.1, 0.15) is 26.2 Å². The normalized spacial score (nSPS) is 20.3. The second-order valence-electron chi connectivity index (χ2n) is 4.70. The van der Waals surface area contributed by atoms with Gasteiger partial charge in [-0.05, 0) is 25.3 Å². The molecule has 0 spiro atoms. The SMILES string of the molecule is CC[C@@H](CO)NC(=O)C1CCCN1c1ncccn1. The number of amides is 1. The van der Waals surface area contributed by atoms with Crippen LogP contribution in [0.2, 0.25) is 0 Å². The number of aromatic nitrogens is 2. The van der Waals surface area contributed by atoms with Crippen LogP contribution >= 0.6 is 0 Å². The lowest BCUT2D eigenvalue weighted by Gasteiger charge is -2.25. The van der Waals surface area contributed by atoms with E-state index in [-0.39, 0.29) is 24.6 Å². The molecule has 1 fully saturated rings. The quantitative estimate of drug-likeness (QED) is 0.801. The topological polar surface area (TPSA) is 78.4 Å². The van der Waals surface area contributed by atoms with Crippen LogP contribution in [0.5, 0.6) is 0 Å². The molecule has 2 N–H and O–H groups in total. The minimum absolute atomic E-state index is 0.0310. The van der Waals surface area contributed by atoms with Gasteiger partial charge in [0.1, 0.15) is 6.04 Å². The second-order valence-corrected chi connectivity index (χ2v) is 4.70. The van der Waals surface area contributed by atoms with E-state index in [4.69, 9.17) is 5.11 Å². The van der Waals surface area contributed by atoms with Crippen molar-refractivity contribution in [3.63, 3.8) is 0 Å². The van der Waals surface area contributed by atoms with E-state index in [9.17, 15) is 4.79 Å². The molecule has 0 aromatic carbocycles. The first-order chi connectivity index (χ1) is 9.26. The van der Waals surface area contributed by atoms with Gasteiger partial charge in [-0.3, -0.25) is 4.79 Å². The molecule has 1 amide bonds. The monoisotopic (exact) mass is 264 g/mol. The molecule has 0 radical (unpaired) electrons. The Morgan fingerprint density at radius 3 is 2.95 bits per heavy atom. The van der Waals surface area contributed by atoms with E-state index in [2.05, 4.69) is 15.3 Å². The fourth-order valence-corrected chi connectivity index (χ4v) is 2.29. The van der Waals surface area contributed by atoms with E-state index in [1.165, 1.54) is 0 Å². The molecule has 19 heavy (non-hydrogen) atoms. The van der Waals surface area contributed by atoms with Crippen molar-refractivity contribution in [1.82, 2.24) is 15.3 Å². The van der Waals surface area contributed by atoms with Gasteiger partial charge in [-0.25, -0.2) is 9.97 Å². The van der Waals surface area contributed by atoms with E-state index < -0.39 is 0 Å². The summed E-state index contributed by atoms with van der Waals surface area (Å²) in [4.78, 5) is 22.6. The first-order valence-corrected chi connectivity index (χ1v) is 6.71. The Morgan fingerprint density at radius 1 is 1.58 bits per heavy atom. The van der Waals surface area contributed by atoms with Crippen LogP contribution < -0.4 is 10.2 Å². The summed E-state index contributed by atoms with van der Waals surface area (Å²) in [5.41, 5.74) is 0. The standard InChI is InChI=1S/C13H20N4O2/c1-2-10(9-18)16-12(19)11-5-3-8-17(11)13-14-6-4-7-15-13/h4,6-7,10-11,18H,2-3,5,8-9H2,1H3,(H,16,19)/t10-,11?/m0/s1. The Hall–Kier alpha value is -1.69. The number of rotatable bonds is 5. The summed E-state index contributed by atoms with van der Waals surface area (Å²) in [5, 5.41) is 12.0. The van der Waals surface area contributed by atoms with Gasteiger partial charge in [0.05, 0.1) is 12.6 Å². The molecule has 6 nitrogen and oxygen atoms in total. The van der Waals surface area contributed by atoms with E-state index in [1.807, 2.05) is 11.8 Å². The molecule has 1 aromatic heterocycles. The molecule has 1 unspecified atom stereocenters. The largest absolute Gasteiger partial charge is 0.394 e. The number of aliphatic hydroxyl groups is 1. The highest BCUT2D eigenvalue weighted by Gasteiger charge is 2.32. The van der Waals surface area contributed by atoms with Crippen molar-refractivity contribution in [2.45, 2.75) is 38.3 Å². The number of nitrogens with one attached hydrogen (secondary N) is 1. The van der Waals surface area contributed by atoms with Gasteiger partial charge in [0, 0.05) is 18.9 Å². The third kappa shape index (κ3) is 3.20. The van der Waals surface area contributed by atoms with Crippen molar-refractivity contribution < 1.29 is 9.90 Å². The molecular weight excluding hydrogens is 244 g/mol. The van der Waals surface area contributed by atoms with Crippen LogP contribution in [-0.2, 0) is 4.79 Å². The maximum atomic E-state index is 12.2. The zero-order valence-electron chi connectivity index (χ0n) is 11.1. The van der Waals surface area contributed by atoms with Crippen molar-refractivity contribution >= 4 is 11.9 Å². The van der Waals surface area contributed by atoms with Crippen LogP contribution in [0.4, 0.5) is 5.95 Å². The van der Waals surface area contributed by atoms with Gasteiger partial charge in [-0.15, -0.1) is 0 Å². The van der Waals surface area contributed by atoms with Crippen molar-refractivity contribution in [1.29, 1.82) is 0 Å². The van der Waals surface area contributed by atoms with Gasteiger partial charge in [-0.2, -0.15) is 0 Å². The lowest BCUT2D eigenvalue weighted by atomic mass is 10.1. The third-order valence-corrected chi connectivity index (χ3v) is 3.42. The van der Waals surface area contributed by atoms with E-state index >= 15 is 0 Å². The van der Waals surface area contributed by atoms with Crippen molar-refractivity contribution in [3.8, 4) is 0 Å². The number of hydrogen-bond donors (Lipinski definition) is 2. The summed E-state index contributed by atoms with van der Waals surface area (Å²) in [6.07, 6.45) is 5.82. The second kappa shape index (κ2) is 6.47. The van der Waals surface area contributed by atoms with Gasteiger partial charge in [-0.1, -0.05) is 6.92 Å². The predicted molar refractivity (Wildman–Crippen MR) is 71.7 cm³/mol. The minimum Gasteiger partial charge on any atom is -0.394 e. The fraction of sp³-hybridized carbons (Fsp3) is 0.615. The Labute approximate surface area is 112 Å². The van der Waals surface area contributed by atoms with Gasteiger partial charge < -0.3 is 15.3 Å². The van der Waals surface area contributed by atoms with Gasteiger partial charge in [0.2, 0.25) is 11.9 Å². The van der Waals surface area contributed by atoms with Crippen molar-refractivity contribution in [3.05, 3.63) is 18.5 Å². The molecule has 0 saturated carbocycles. The molecule has 6 heteroatoms. The smallest absolute Gasteiger partial charge is 0.243 e. The first kappa shape index (κ1) is 13.7. The number of carbonyl (C=O) groups is 1. The van der Waals surface area contributed by atoms with E-state index in [1.54, 1.807) is 18.5 Å². The molecule has 0 bridgehead atoms. The Bertz CT molecular complexity index is 408. The van der Waals surface area contributed by atoms with Crippen LogP contribution in [-0.4, -0.2) is 46.2 Å². The minimum atomic E-state index is -0.233. The zero-order valence-corrected chi connectivity index (χ0v) is 11.1. The summed E-state index contributed by atoms with van der Waals surface area (Å²) >= 11 is 0. The molecule has 104 valence electrons. The van der Waals surface area contributed by atoms with Crippen LogP contribution in [0.3, 0.4) is 0 Å². The van der Waals surface area contributed by atoms with E-state index in [0.29, 0.717) is 5.95 Å². The van der Waals surface area contributed by atoms with Gasteiger partial charge >= 0.3 is 0 Å². The number of nitrogens with zero attached hydrogens (tertiary/aromatic N) is 3. The summed E-state index contributed by atoms with van der Waals surface area (Å²) in [6.45, 7) is 2.70. The highest BCUT2D eigenvalue weighted by atomic mass is 16.3. The molecule has 0 aliphatic carbocycles. The molecule has 1 aromatic rings. The predicted octanol–water partition coefficient (Wildman–Crippen LogP) is 0.332. The van der Waals surface area contributed by atoms with Gasteiger partial charge in [0.25, 0.3) is 0 Å². The molecule has 2 heterocycles. The number of carbonyl (C=O) groups excluding carboxylic acids is 1. The Morgan fingerprint density at radius 2 is 2.32 bits per heavy atom. The first-order valence-electron chi connectivity index (χ1n) is 6.71. The average molecular weight is 264 g/mol. The molecule has 1 aliphatic rings. The lowest BCUT2D eigenvalue weighted by molar-refractivity contribution is -0.123. The zero-order chi connectivity index (χ0) is 13.7. The third-order valence-electron chi connectivity index (χ3n) is 3.42. The maximum absolute atomic E-state index is 12.2. The molecule has 2 atom stereocenters. The molecule has 2 rings (SSSR count). The Kier molecular flexibility index (Phi) is 4.68.